The van der Waals surface area contributed by atoms with Crippen LogP contribution in [-0.4, -0.2) is 23.0 Å². The zero-order chi connectivity index (χ0) is 25.2. The lowest BCUT2D eigenvalue weighted by Gasteiger charge is -2.22. The largest absolute Gasteiger partial charge is 0.496 e. The van der Waals surface area contributed by atoms with E-state index < -0.39 is 17.5 Å². The highest BCUT2D eigenvalue weighted by atomic mass is 32.1. The molecule has 3 aromatic carbocycles. The summed E-state index contributed by atoms with van der Waals surface area (Å²) in [5.41, 5.74) is 3.25. The van der Waals surface area contributed by atoms with Crippen LogP contribution in [0.15, 0.2) is 79.0 Å². The van der Waals surface area contributed by atoms with E-state index in [9.17, 15) is 13.6 Å². The Morgan fingerprint density at radius 1 is 1.00 bits per heavy atom. The Hall–Kier alpha value is -4.17. The minimum absolute atomic E-state index is 0.0356. The molecular formula is C28H21F2N3O2S. The smallest absolute Gasteiger partial charge is 0.278 e. The molecule has 0 aliphatic carbocycles. The summed E-state index contributed by atoms with van der Waals surface area (Å²) < 4.78 is 33.8. The van der Waals surface area contributed by atoms with E-state index in [-0.39, 0.29) is 17.9 Å². The average Bonchev–Trinajstić information content (AvgIpc) is 3.35. The van der Waals surface area contributed by atoms with Gasteiger partial charge in [-0.05, 0) is 72.6 Å². The van der Waals surface area contributed by atoms with Crippen molar-refractivity contribution < 1.29 is 18.3 Å². The Morgan fingerprint density at radius 3 is 2.56 bits per heavy atom. The van der Waals surface area contributed by atoms with Gasteiger partial charge in [-0.2, -0.15) is 0 Å². The second-order valence-corrected chi connectivity index (χ2v) is 9.35. The molecule has 0 atom stereocenters. The van der Waals surface area contributed by atoms with E-state index in [4.69, 9.17) is 4.74 Å². The first-order valence-corrected chi connectivity index (χ1v) is 12.0. The molecule has 8 heteroatoms. The lowest BCUT2D eigenvalue weighted by Crippen LogP contribution is -2.31. The van der Waals surface area contributed by atoms with Crippen LogP contribution in [0.4, 0.5) is 14.5 Å². The van der Waals surface area contributed by atoms with Crippen LogP contribution in [0.1, 0.15) is 20.9 Å². The summed E-state index contributed by atoms with van der Waals surface area (Å²) in [5.74, 6) is -1.29. The van der Waals surface area contributed by atoms with Gasteiger partial charge in [0.2, 0.25) is 0 Å². The lowest BCUT2D eigenvalue weighted by molar-refractivity contribution is 0.0979. The standard InChI is InChI=1S/C28H21F2N3O2S/c1-17-13-18(7-11-26(17)35-2)27-12-9-20(36-27)16-33(25-10-8-19(29)14-21(25)30)28(34)24-15-31-22-5-3-4-6-23(22)32-24/h3-15H,16H2,1-2H3. The SMILES string of the molecule is COc1ccc(-c2ccc(CN(C(=O)c3cnc4ccccc4n3)c3ccc(F)cc3F)s2)cc1C. The zero-order valence-electron chi connectivity index (χ0n) is 19.5. The molecule has 5 aromatic rings. The number of benzene rings is 3. The Labute approximate surface area is 210 Å². The molecular weight excluding hydrogens is 480 g/mol. The van der Waals surface area contributed by atoms with E-state index in [1.807, 2.05) is 43.3 Å². The minimum atomic E-state index is -0.834. The third-order valence-corrected chi connectivity index (χ3v) is 6.89. The van der Waals surface area contributed by atoms with Crippen LogP contribution in [0.2, 0.25) is 0 Å². The predicted molar refractivity (Wildman–Crippen MR) is 137 cm³/mol. The molecule has 1 amide bonds. The number of anilines is 1. The number of methoxy groups -OCH3 is 1. The Bertz CT molecular complexity index is 1580. The predicted octanol–water partition coefficient (Wildman–Crippen LogP) is 6.80. The zero-order valence-corrected chi connectivity index (χ0v) is 20.4. The molecule has 2 heterocycles. The van der Waals surface area contributed by atoms with Gasteiger partial charge in [0.25, 0.3) is 5.91 Å². The maximum atomic E-state index is 14.8. The van der Waals surface area contributed by atoms with E-state index in [1.165, 1.54) is 28.5 Å². The van der Waals surface area contributed by atoms with Gasteiger partial charge in [-0.3, -0.25) is 14.7 Å². The number of thiophene rings is 1. The second kappa shape index (κ2) is 9.83. The van der Waals surface area contributed by atoms with Crippen molar-refractivity contribution in [3.8, 4) is 16.2 Å². The van der Waals surface area contributed by atoms with E-state index in [2.05, 4.69) is 9.97 Å². The Balaban J connectivity index is 1.51. The highest BCUT2D eigenvalue weighted by Crippen LogP contribution is 2.33. The van der Waals surface area contributed by atoms with Crippen molar-refractivity contribution in [3.63, 3.8) is 0 Å². The van der Waals surface area contributed by atoms with Gasteiger partial charge in [0.15, 0.2) is 0 Å². The van der Waals surface area contributed by atoms with Crippen LogP contribution >= 0.6 is 11.3 Å². The van der Waals surface area contributed by atoms with Gasteiger partial charge < -0.3 is 4.74 Å². The molecule has 0 N–H and O–H groups in total. The number of rotatable bonds is 6. The van der Waals surface area contributed by atoms with Crippen molar-refractivity contribution in [2.75, 3.05) is 12.0 Å². The first-order chi connectivity index (χ1) is 17.4. The molecule has 0 aliphatic rings. The van der Waals surface area contributed by atoms with E-state index in [0.717, 1.165) is 38.8 Å². The number of aryl methyl sites for hydroxylation is 1. The number of hydrogen-bond acceptors (Lipinski definition) is 5. The number of halogens is 2. The minimum Gasteiger partial charge on any atom is -0.496 e. The van der Waals surface area contributed by atoms with Crippen molar-refractivity contribution >= 4 is 34.0 Å². The number of carbonyl (C=O) groups excluding carboxylic acids is 1. The summed E-state index contributed by atoms with van der Waals surface area (Å²) in [4.78, 5) is 25.4. The monoisotopic (exact) mass is 501 g/mol. The molecule has 0 saturated heterocycles. The molecule has 180 valence electrons. The van der Waals surface area contributed by atoms with Gasteiger partial charge in [0, 0.05) is 15.8 Å². The molecule has 5 rings (SSSR count). The number of ether oxygens (including phenoxy) is 1. The van der Waals surface area contributed by atoms with Gasteiger partial charge in [-0.1, -0.05) is 12.1 Å². The fourth-order valence-electron chi connectivity index (χ4n) is 3.97. The van der Waals surface area contributed by atoms with Crippen molar-refractivity contribution in [1.82, 2.24) is 9.97 Å². The molecule has 0 saturated carbocycles. The van der Waals surface area contributed by atoms with Crippen LogP contribution in [0, 0.1) is 18.6 Å². The molecule has 36 heavy (non-hydrogen) atoms. The van der Waals surface area contributed by atoms with E-state index in [0.29, 0.717) is 11.0 Å². The molecule has 0 aliphatic heterocycles. The fraction of sp³-hybridized carbons (Fsp3) is 0.107. The molecule has 0 bridgehead atoms. The number of nitrogens with zero attached hydrogens (tertiary/aromatic N) is 3. The summed E-state index contributed by atoms with van der Waals surface area (Å²) in [6.45, 7) is 2.05. The number of hydrogen-bond donors (Lipinski definition) is 0. The number of para-hydroxylation sites is 2. The number of amides is 1. The maximum absolute atomic E-state index is 14.8. The summed E-state index contributed by atoms with van der Waals surface area (Å²) in [7, 11) is 1.63. The van der Waals surface area contributed by atoms with Crippen LogP contribution in [0.5, 0.6) is 5.75 Å². The molecule has 0 fully saturated rings. The fourth-order valence-corrected chi connectivity index (χ4v) is 4.96. The highest BCUT2D eigenvalue weighted by molar-refractivity contribution is 7.15. The van der Waals surface area contributed by atoms with E-state index in [1.54, 1.807) is 25.3 Å². The van der Waals surface area contributed by atoms with Crippen LogP contribution in [0.3, 0.4) is 0 Å². The topological polar surface area (TPSA) is 55.3 Å². The molecule has 0 spiro atoms. The van der Waals surface area contributed by atoms with Crippen LogP contribution in [-0.2, 0) is 6.54 Å². The summed E-state index contributed by atoms with van der Waals surface area (Å²) in [5, 5.41) is 0. The van der Waals surface area contributed by atoms with Gasteiger partial charge >= 0.3 is 0 Å². The van der Waals surface area contributed by atoms with Crippen molar-refractivity contribution in [3.05, 3.63) is 107 Å². The number of carbonyl (C=O) groups is 1. The molecule has 0 radical (unpaired) electrons. The Kier molecular flexibility index (Phi) is 6.43. The van der Waals surface area contributed by atoms with Crippen LogP contribution < -0.4 is 9.64 Å². The van der Waals surface area contributed by atoms with Gasteiger partial charge in [-0.15, -0.1) is 11.3 Å². The van der Waals surface area contributed by atoms with Crippen molar-refractivity contribution in [2.24, 2.45) is 0 Å². The maximum Gasteiger partial charge on any atom is 0.278 e. The van der Waals surface area contributed by atoms with Gasteiger partial charge in [0.05, 0.1) is 36.6 Å². The quantitative estimate of drug-likeness (QED) is 0.257. The third kappa shape index (κ3) is 4.67. The highest BCUT2D eigenvalue weighted by Gasteiger charge is 2.24. The first-order valence-electron chi connectivity index (χ1n) is 11.2. The van der Waals surface area contributed by atoms with Crippen LogP contribution in [0.25, 0.3) is 21.5 Å². The van der Waals surface area contributed by atoms with Crippen molar-refractivity contribution in [2.45, 2.75) is 13.5 Å². The normalized spacial score (nSPS) is 11.0. The van der Waals surface area contributed by atoms with Gasteiger partial charge in [0.1, 0.15) is 23.1 Å². The summed E-state index contributed by atoms with van der Waals surface area (Å²) >= 11 is 1.49. The summed E-state index contributed by atoms with van der Waals surface area (Å²) in [6.07, 6.45) is 1.37. The Morgan fingerprint density at radius 2 is 1.81 bits per heavy atom. The molecule has 5 nitrogen and oxygen atoms in total. The molecule has 0 unspecified atom stereocenters. The van der Waals surface area contributed by atoms with E-state index >= 15 is 0 Å². The van der Waals surface area contributed by atoms with Gasteiger partial charge in [-0.25, -0.2) is 13.8 Å². The first kappa shape index (κ1) is 23.6. The number of aromatic nitrogens is 2. The number of fused-ring (bicyclic) bond motifs is 1. The second-order valence-electron chi connectivity index (χ2n) is 8.18. The third-order valence-electron chi connectivity index (χ3n) is 5.77. The molecule has 2 aromatic heterocycles. The summed E-state index contributed by atoms with van der Waals surface area (Å²) in [6, 6.07) is 20.1. The average molecular weight is 502 g/mol. The lowest BCUT2D eigenvalue weighted by atomic mass is 10.1. The van der Waals surface area contributed by atoms with Crippen molar-refractivity contribution in [1.29, 1.82) is 0 Å².